The Morgan fingerprint density at radius 1 is 1.47 bits per heavy atom. The molecule has 1 amide bonds. The molecular formula is C14H12N2O3. The van der Waals surface area contributed by atoms with E-state index in [1.165, 1.54) is 6.26 Å². The third kappa shape index (κ3) is 3.21. The number of benzene rings is 1. The van der Waals surface area contributed by atoms with Gasteiger partial charge in [-0.3, -0.25) is 4.79 Å². The van der Waals surface area contributed by atoms with Crippen LogP contribution in [0.15, 0.2) is 35.1 Å². The molecule has 0 atom stereocenters. The van der Waals surface area contributed by atoms with Crippen LogP contribution in [-0.2, 0) is 0 Å². The van der Waals surface area contributed by atoms with Gasteiger partial charge in [0.2, 0.25) is 0 Å². The lowest BCUT2D eigenvalue weighted by Crippen LogP contribution is -2.12. The Bertz CT molecular complexity index is 636. The standard InChI is InChI=1S/C14H12N2O3/c1-10-9-12(5-4-11(10)3-2-7-17)14(18)15-13-6-8-19-16-13/h4-6,8-9,17H,7H2,1H3,(H,15,16,18). The highest BCUT2D eigenvalue weighted by atomic mass is 16.5. The van der Waals surface area contributed by atoms with Crippen molar-refractivity contribution >= 4 is 11.7 Å². The molecule has 0 bridgehead atoms. The van der Waals surface area contributed by atoms with Gasteiger partial charge < -0.3 is 14.9 Å². The van der Waals surface area contributed by atoms with Crippen LogP contribution in [0.25, 0.3) is 0 Å². The summed E-state index contributed by atoms with van der Waals surface area (Å²) in [6.45, 7) is 1.67. The minimum Gasteiger partial charge on any atom is -0.384 e. The minimum atomic E-state index is -0.265. The summed E-state index contributed by atoms with van der Waals surface area (Å²) in [5.74, 6) is 5.49. The van der Waals surface area contributed by atoms with Crippen LogP contribution in [0.1, 0.15) is 21.5 Å². The molecule has 5 nitrogen and oxygen atoms in total. The van der Waals surface area contributed by atoms with E-state index in [0.717, 1.165) is 11.1 Å². The highest BCUT2D eigenvalue weighted by Crippen LogP contribution is 2.12. The third-order valence-corrected chi connectivity index (χ3v) is 2.47. The van der Waals surface area contributed by atoms with Crippen LogP contribution in [0.2, 0.25) is 0 Å². The zero-order valence-corrected chi connectivity index (χ0v) is 10.3. The number of hydrogen-bond donors (Lipinski definition) is 2. The number of amides is 1. The molecule has 96 valence electrons. The van der Waals surface area contributed by atoms with Crippen molar-refractivity contribution in [3.63, 3.8) is 0 Å². The number of aliphatic hydroxyl groups excluding tert-OH is 1. The predicted molar refractivity (Wildman–Crippen MR) is 69.6 cm³/mol. The molecule has 0 radical (unpaired) electrons. The fourth-order valence-corrected chi connectivity index (χ4v) is 1.55. The van der Waals surface area contributed by atoms with E-state index in [1.54, 1.807) is 24.3 Å². The summed E-state index contributed by atoms with van der Waals surface area (Å²) in [5, 5.41) is 14.9. The molecule has 0 aliphatic rings. The van der Waals surface area contributed by atoms with Crippen molar-refractivity contribution in [1.82, 2.24) is 5.16 Å². The minimum absolute atomic E-state index is 0.187. The number of nitrogens with one attached hydrogen (secondary N) is 1. The number of nitrogens with zero attached hydrogens (tertiary/aromatic N) is 1. The Morgan fingerprint density at radius 3 is 2.95 bits per heavy atom. The van der Waals surface area contributed by atoms with Gasteiger partial charge in [-0.15, -0.1) is 0 Å². The smallest absolute Gasteiger partial charge is 0.256 e. The molecule has 0 saturated heterocycles. The van der Waals surface area contributed by atoms with E-state index in [-0.39, 0.29) is 12.5 Å². The number of aryl methyl sites for hydroxylation is 1. The molecule has 2 N–H and O–H groups in total. The van der Waals surface area contributed by atoms with Crippen molar-refractivity contribution in [1.29, 1.82) is 0 Å². The van der Waals surface area contributed by atoms with Gasteiger partial charge in [0, 0.05) is 17.2 Å². The second-order valence-corrected chi connectivity index (χ2v) is 3.83. The fourth-order valence-electron chi connectivity index (χ4n) is 1.55. The predicted octanol–water partition coefficient (Wildman–Crippen LogP) is 1.58. The first-order chi connectivity index (χ1) is 9.20. The molecule has 0 fully saturated rings. The van der Waals surface area contributed by atoms with Crippen LogP contribution >= 0.6 is 0 Å². The van der Waals surface area contributed by atoms with E-state index in [0.29, 0.717) is 11.4 Å². The molecule has 5 heteroatoms. The van der Waals surface area contributed by atoms with Crippen molar-refractivity contribution in [2.45, 2.75) is 6.92 Å². The number of aromatic nitrogens is 1. The summed E-state index contributed by atoms with van der Waals surface area (Å²) in [5.41, 5.74) is 2.16. The number of aliphatic hydroxyl groups is 1. The lowest BCUT2D eigenvalue weighted by molar-refractivity contribution is 0.102. The molecule has 2 rings (SSSR count). The van der Waals surface area contributed by atoms with Crippen LogP contribution in [0.4, 0.5) is 5.82 Å². The van der Waals surface area contributed by atoms with Gasteiger partial charge in [0.25, 0.3) is 5.91 Å². The van der Waals surface area contributed by atoms with Crippen molar-refractivity contribution in [2.24, 2.45) is 0 Å². The van der Waals surface area contributed by atoms with Gasteiger partial charge in [0.15, 0.2) is 5.82 Å². The number of hydrogen-bond acceptors (Lipinski definition) is 4. The molecule has 0 aliphatic heterocycles. The topological polar surface area (TPSA) is 75.4 Å². The second kappa shape index (κ2) is 5.85. The Labute approximate surface area is 110 Å². The summed E-state index contributed by atoms with van der Waals surface area (Å²) in [7, 11) is 0. The SMILES string of the molecule is Cc1cc(C(=O)Nc2ccon2)ccc1C#CCO. The first-order valence-corrected chi connectivity index (χ1v) is 5.63. The van der Waals surface area contributed by atoms with E-state index in [2.05, 4.69) is 26.8 Å². The van der Waals surface area contributed by atoms with E-state index in [9.17, 15) is 4.79 Å². The molecule has 1 aromatic heterocycles. The van der Waals surface area contributed by atoms with Crippen molar-refractivity contribution < 1.29 is 14.4 Å². The van der Waals surface area contributed by atoms with Gasteiger partial charge in [-0.2, -0.15) is 0 Å². The highest BCUT2D eigenvalue weighted by molar-refractivity contribution is 6.03. The van der Waals surface area contributed by atoms with Gasteiger partial charge in [-0.25, -0.2) is 0 Å². The fraction of sp³-hybridized carbons (Fsp3) is 0.143. The van der Waals surface area contributed by atoms with Crippen molar-refractivity contribution in [3.05, 3.63) is 47.2 Å². The van der Waals surface area contributed by atoms with Crippen LogP contribution in [0.5, 0.6) is 0 Å². The van der Waals surface area contributed by atoms with E-state index in [1.807, 2.05) is 6.92 Å². The van der Waals surface area contributed by atoms with Crippen LogP contribution < -0.4 is 5.32 Å². The molecule has 0 aliphatic carbocycles. The maximum Gasteiger partial charge on any atom is 0.256 e. The summed E-state index contributed by atoms with van der Waals surface area (Å²) in [6, 6.07) is 6.71. The van der Waals surface area contributed by atoms with Crippen molar-refractivity contribution in [2.75, 3.05) is 11.9 Å². The summed E-state index contributed by atoms with van der Waals surface area (Å²) in [6.07, 6.45) is 1.38. The zero-order valence-electron chi connectivity index (χ0n) is 10.3. The normalized spacial score (nSPS) is 9.58. The lowest BCUT2D eigenvalue weighted by Gasteiger charge is -2.04. The lowest BCUT2D eigenvalue weighted by atomic mass is 10.0. The number of carbonyl (C=O) groups excluding carboxylic acids is 1. The van der Waals surface area contributed by atoms with Gasteiger partial charge in [-0.1, -0.05) is 17.0 Å². The molecule has 2 aromatic rings. The molecule has 19 heavy (non-hydrogen) atoms. The van der Waals surface area contributed by atoms with Gasteiger partial charge in [0.05, 0.1) is 0 Å². The Balaban J connectivity index is 2.17. The van der Waals surface area contributed by atoms with E-state index in [4.69, 9.17) is 5.11 Å². The highest BCUT2D eigenvalue weighted by Gasteiger charge is 2.08. The molecule has 0 saturated carbocycles. The van der Waals surface area contributed by atoms with Crippen LogP contribution in [0, 0.1) is 18.8 Å². The number of anilines is 1. The average molecular weight is 256 g/mol. The molecule has 0 unspecified atom stereocenters. The van der Waals surface area contributed by atoms with E-state index >= 15 is 0 Å². The zero-order chi connectivity index (χ0) is 13.7. The Hall–Kier alpha value is -2.58. The number of rotatable bonds is 2. The third-order valence-electron chi connectivity index (χ3n) is 2.47. The summed E-state index contributed by atoms with van der Waals surface area (Å²) in [4.78, 5) is 11.9. The molecule has 1 aromatic carbocycles. The largest absolute Gasteiger partial charge is 0.384 e. The monoisotopic (exact) mass is 256 g/mol. The van der Waals surface area contributed by atoms with Crippen LogP contribution in [-0.4, -0.2) is 22.8 Å². The summed E-state index contributed by atoms with van der Waals surface area (Å²) < 4.78 is 4.63. The average Bonchev–Trinajstić information content (AvgIpc) is 2.90. The van der Waals surface area contributed by atoms with Crippen molar-refractivity contribution in [3.8, 4) is 11.8 Å². The van der Waals surface area contributed by atoms with Crippen LogP contribution in [0.3, 0.4) is 0 Å². The van der Waals surface area contributed by atoms with Gasteiger partial charge >= 0.3 is 0 Å². The molecule has 1 heterocycles. The maximum absolute atomic E-state index is 11.9. The Kier molecular flexibility index (Phi) is 3.96. The van der Waals surface area contributed by atoms with Gasteiger partial charge in [0.1, 0.15) is 12.9 Å². The van der Waals surface area contributed by atoms with Gasteiger partial charge in [-0.05, 0) is 30.7 Å². The molecular weight excluding hydrogens is 244 g/mol. The molecule has 0 spiro atoms. The second-order valence-electron chi connectivity index (χ2n) is 3.83. The van der Waals surface area contributed by atoms with E-state index < -0.39 is 0 Å². The quantitative estimate of drug-likeness (QED) is 0.800. The number of carbonyl (C=O) groups is 1. The Morgan fingerprint density at radius 2 is 2.32 bits per heavy atom. The first-order valence-electron chi connectivity index (χ1n) is 5.63. The maximum atomic E-state index is 11.9. The summed E-state index contributed by atoms with van der Waals surface area (Å²) >= 11 is 0. The first kappa shape index (κ1) is 12.9.